The molecule has 0 unspecified atom stereocenters. The third kappa shape index (κ3) is 2.19. The molecule has 3 rings (SSSR count). The van der Waals surface area contributed by atoms with Crippen molar-refractivity contribution in [3.63, 3.8) is 0 Å². The minimum absolute atomic E-state index is 0.704. The maximum Gasteiger partial charge on any atom is 0.0998 e. The fourth-order valence-corrected chi connectivity index (χ4v) is 2.67. The second kappa shape index (κ2) is 5.41. The maximum absolute atomic E-state index is 9.27. The van der Waals surface area contributed by atoms with Crippen LogP contribution in [0.5, 0.6) is 0 Å². The van der Waals surface area contributed by atoms with E-state index in [0.717, 1.165) is 35.0 Å². The van der Waals surface area contributed by atoms with Crippen LogP contribution in [-0.2, 0) is 12.8 Å². The van der Waals surface area contributed by atoms with Crippen molar-refractivity contribution in [2.75, 3.05) is 0 Å². The molecule has 104 valence electrons. The van der Waals surface area contributed by atoms with Crippen molar-refractivity contribution in [2.45, 2.75) is 26.7 Å². The molecule has 0 amide bonds. The fourth-order valence-electron chi connectivity index (χ4n) is 2.67. The maximum atomic E-state index is 9.27. The predicted octanol–water partition coefficient (Wildman–Crippen LogP) is 4.02. The van der Waals surface area contributed by atoms with Gasteiger partial charge in [0.1, 0.15) is 0 Å². The summed E-state index contributed by atoms with van der Waals surface area (Å²) in [6.45, 7) is 4.25. The largest absolute Gasteiger partial charge is 0.237 e. The Labute approximate surface area is 124 Å². The van der Waals surface area contributed by atoms with E-state index in [9.17, 15) is 5.26 Å². The van der Waals surface area contributed by atoms with Gasteiger partial charge in [-0.3, -0.25) is 0 Å². The smallest absolute Gasteiger partial charge is 0.0998 e. The highest BCUT2D eigenvalue weighted by molar-refractivity contribution is 5.94. The van der Waals surface area contributed by atoms with Crippen LogP contribution >= 0.6 is 0 Å². The number of rotatable bonds is 3. The van der Waals surface area contributed by atoms with E-state index in [1.807, 2.05) is 35.0 Å². The summed E-state index contributed by atoms with van der Waals surface area (Å²) >= 11 is 0. The molecule has 0 bridgehead atoms. The highest BCUT2D eigenvalue weighted by Crippen LogP contribution is 2.26. The number of nitriles is 1. The van der Waals surface area contributed by atoms with Gasteiger partial charge in [-0.25, -0.2) is 4.68 Å². The molecule has 0 radical (unpaired) electrons. The molecule has 0 aliphatic carbocycles. The van der Waals surface area contributed by atoms with Crippen molar-refractivity contribution in [2.24, 2.45) is 0 Å². The van der Waals surface area contributed by atoms with Crippen LogP contribution in [0.1, 0.15) is 30.8 Å². The second-order valence-corrected chi connectivity index (χ2v) is 5.04. The second-order valence-electron chi connectivity index (χ2n) is 5.04. The zero-order valence-electron chi connectivity index (χ0n) is 12.3. The first-order chi connectivity index (χ1) is 10.3. The van der Waals surface area contributed by atoms with Gasteiger partial charge < -0.3 is 0 Å². The minimum Gasteiger partial charge on any atom is -0.237 e. The van der Waals surface area contributed by atoms with E-state index < -0.39 is 0 Å². The molecule has 0 atom stereocenters. The van der Waals surface area contributed by atoms with Crippen molar-refractivity contribution in [3.05, 3.63) is 59.4 Å². The van der Waals surface area contributed by atoms with E-state index in [1.54, 1.807) is 0 Å². The van der Waals surface area contributed by atoms with Crippen LogP contribution < -0.4 is 0 Å². The van der Waals surface area contributed by atoms with E-state index in [0.29, 0.717) is 5.56 Å². The molecule has 0 aliphatic rings. The van der Waals surface area contributed by atoms with Gasteiger partial charge in [-0.2, -0.15) is 10.4 Å². The molecule has 3 nitrogen and oxygen atoms in total. The first kappa shape index (κ1) is 13.4. The van der Waals surface area contributed by atoms with Crippen LogP contribution in [0.4, 0.5) is 0 Å². The van der Waals surface area contributed by atoms with Crippen LogP contribution in [0.25, 0.3) is 16.5 Å². The molecule has 3 aromatic rings. The lowest BCUT2D eigenvalue weighted by Crippen LogP contribution is -2.03. The van der Waals surface area contributed by atoms with Gasteiger partial charge in [0.2, 0.25) is 0 Å². The number of nitrogens with zero attached hydrogens (tertiary/aromatic N) is 3. The summed E-state index contributed by atoms with van der Waals surface area (Å²) in [4.78, 5) is 0. The third-order valence-electron chi connectivity index (χ3n) is 3.81. The molecule has 0 saturated heterocycles. The van der Waals surface area contributed by atoms with Gasteiger partial charge in [0.25, 0.3) is 0 Å². The van der Waals surface area contributed by atoms with Crippen molar-refractivity contribution < 1.29 is 0 Å². The van der Waals surface area contributed by atoms with E-state index >= 15 is 0 Å². The molecule has 3 heteroatoms. The third-order valence-corrected chi connectivity index (χ3v) is 3.81. The molecule has 2 aromatic carbocycles. The van der Waals surface area contributed by atoms with Crippen LogP contribution in [-0.4, -0.2) is 9.78 Å². The van der Waals surface area contributed by atoms with Crippen molar-refractivity contribution in [1.29, 1.82) is 5.26 Å². The van der Waals surface area contributed by atoms with Gasteiger partial charge in [0, 0.05) is 16.5 Å². The summed E-state index contributed by atoms with van der Waals surface area (Å²) in [6, 6.07) is 16.3. The number of aryl methyl sites for hydroxylation is 2. The van der Waals surface area contributed by atoms with E-state index in [-0.39, 0.29) is 0 Å². The molecule has 21 heavy (non-hydrogen) atoms. The molecule has 1 heterocycles. The monoisotopic (exact) mass is 275 g/mol. The standard InChI is InChI=1S/C18H17N3/c1-3-14-11-15(4-2)21(20-14)18-10-9-13(12-19)16-7-5-6-8-17(16)18/h5-11H,3-4H2,1-2H3. The molecular weight excluding hydrogens is 258 g/mol. The number of aromatic nitrogens is 2. The fraction of sp³-hybridized carbons (Fsp3) is 0.222. The van der Waals surface area contributed by atoms with E-state index in [4.69, 9.17) is 5.10 Å². The first-order valence-electron chi connectivity index (χ1n) is 7.28. The summed E-state index contributed by atoms with van der Waals surface area (Å²) in [6.07, 6.45) is 1.86. The summed E-state index contributed by atoms with van der Waals surface area (Å²) < 4.78 is 2.02. The van der Waals surface area contributed by atoms with Crippen molar-refractivity contribution in [1.82, 2.24) is 9.78 Å². The molecule has 0 saturated carbocycles. The zero-order chi connectivity index (χ0) is 14.8. The first-order valence-corrected chi connectivity index (χ1v) is 7.28. The topological polar surface area (TPSA) is 41.6 Å². The molecule has 0 N–H and O–H groups in total. The molecule has 0 spiro atoms. The Balaban J connectivity index is 2.31. The summed E-state index contributed by atoms with van der Waals surface area (Å²) in [5, 5.41) is 16.0. The van der Waals surface area contributed by atoms with Crippen LogP contribution in [0.15, 0.2) is 42.5 Å². The lowest BCUT2D eigenvalue weighted by atomic mass is 10.0. The number of hydrogen-bond donors (Lipinski definition) is 0. The Morgan fingerprint density at radius 1 is 1.05 bits per heavy atom. The van der Waals surface area contributed by atoms with Gasteiger partial charge in [-0.05, 0) is 31.0 Å². The van der Waals surface area contributed by atoms with Crippen LogP contribution in [0, 0.1) is 11.3 Å². The van der Waals surface area contributed by atoms with Crippen molar-refractivity contribution in [3.8, 4) is 11.8 Å². The average molecular weight is 275 g/mol. The lowest BCUT2D eigenvalue weighted by Gasteiger charge is -2.10. The van der Waals surface area contributed by atoms with Gasteiger partial charge in [0.05, 0.1) is 23.0 Å². The summed E-state index contributed by atoms with van der Waals surface area (Å²) in [5.74, 6) is 0. The van der Waals surface area contributed by atoms with Crippen LogP contribution in [0.3, 0.4) is 0 Å². The number of hydrogen-bond acceptors (Lipinski definition) is 2. The Morgan fingerprint density at radius 2 is 1.81 bits per heavy atom. The highest BCUT2D eigenvalue weighted by atomic mass is 15.3. The summed E-state index contributed by atoms with van der Waals surface area (Å²) in [7, 11) is 0. The Hall–Kier alpha value is -2.60. The molecule has 0 aliphatic heterocycles. The Kier molecular flexibility index (Phi) is 3.45. The van der Waals surface area contributed by atoms with Gasteiger partial charge in [-0.1, -0.05) is 38.1 Å². The van der Waals surface area contributed by atoms with E-state index in [1.165, 1.54) is 5.69 Å². The molecule has 0 fully saturated rings. The van der Waals surface area contributed by atoms with Crippen molar-refractivity contribution >= 4 is 10.8 Å². The quantitative estimate of drug-likeness (QED) is 0.724. The Morgan fingerprint density at radius 3 is 2.48 bits per heavy atom. The predicted molar refractivity (Wildman–Crippen MR) is 84.5 cm³/mol. The Bertz CT molecular complexity index is 837. The van der Waals surface area contributed by atoms with Gasteiger partial charge >= 0.3 is 0 Å². The number of fused-ring (bicyclic) bond motifs is 1. The SMILES string of the molecule is CCc1cc(CC)n(-c2ccc(C#N)c3ccccc23)n1. The number of benzene rings is 2. The van der Waals surface area contributed by atoms with Gasteiger partial charge in [-0.15, -0.1) is 0 Å². The van der Waals surface area contributed by atoms with E-state index in [2.05, 4.69) is 32.0 Å². The normalized spacial score (nSPS) is 10.7. The van der Waals surface area contributed by atoms with Crippen LogP contribution in [0.2, 0.25) is 0 Å². The highest BCUT2D eigenvalue weighted by Gasteiger charge is 2.12. The summed E-state index contributed by atoms with van der Waals surface area (Å²) in [5.41, 5.74) is 4.04. The molecular formula is C18H17N3. The van der Waals surface area contributed by atoms with Gasteiger partial charge in [0.15, 0.2) is 0 Å². The zero-order valence-corrected chi connectivity index (χ0v) is 12.3. The minimum atomic E-state index is 0.704. The molecule has 1 aromatic heterocycles. The lowest BCUT2D eigenvalue weighted by molar-refractivity contribution is 0.799. The average Bonchev–Trinajstić information content (AvgIpc) is 2.97.